The Morgan fingerprint density at radius 3 is 2.38 bits per heavy atom. The normalized spacial score (nSPS) is 10.5. The van der Waals surface area contributed by atoms with E-state index < -0.39 is 11.8 Å². The molecule has 0 aromatic heterocycles. The van der Waals surface area contributed by atoms with Crippen molar-refractivity contribution < 1.29 is 14.3 Å². The van der Waals surface area contributed by atoms with Crippen molar-refractivity contribution in [2.24, 2.45) is 5.92 Å². The Kier molecular flexibility index (Phi) is 7.21. The number of nitrogens with one attached hydrogen (secondary N) is 2. The molecule has 0 radical (unpaired) electrons. The Bertz CT molecular complexity index is 739. The number of amides is 2. The van der Waals surface area contributed by atoms with Gasteiger partial charge in [0.25, 0.3) is 0 Å². The molecule has 0 saturated heterocycles. The monoisotopic (exact) mass is 354 g/mol. The molecule has 0 aliphatic rings. The first-order valence-electron chi connectivity index (χ1n) is 8.82. The molecule has 5 nitrogen and oxygen atoms in total. The van der Waals surface area contributed by atoms with E-state index in [0.717, 1.165) is 23.3 Å². The van der Waals surface area contributed by atoms with Crippen LogP contribution in [0.5, 0.6) is 5.75 Å². The number of para-hydroxylation sites is 1. The summed E-state index contributed by atoms with van der Waals surface area (Å²) < 4.78 is 5.80. The van der Waals surface area contributed by atoms with Crippen LogP contribution in [0.1, 0.15) is 31.4 Å². The van der Waals surface area contributed by atoms with Crippen LogP contribution in [0.4, 0.5) is 5.69 Å². The molecule has 2 rings (SSSR count). The number of ether oxygens (including phenoxy) is 1. The maximum atomic E-state index is 12.0. The number of aryl methyl sites for hydroxylation is 1. The summed E-state index contributed by atoms with van der Waals surface area (Å²) in [5.74, 6) is -0.0747. The predicted octanol–water partition coefficient (Wildman–Crippen LogP) is 3.67. The third-order valence-corrected chi connectivity index (χ3v) is 3.88. The molecule has 2 N–H and O–H groups in total. The van der Waals surface area contributed by atoms with Crippen molar-refractivity contribution in [2.45, 2.75) is 33.7 Å². The molecule has 0 aliphatic carbocycles. The van der Waals surface area contributed by atoms with Crippen LogP contribution in [-0.4, -0.2) is 18.4 Å². The number of hydrogen-bond donors (Lipinski definition) is 2. The van der Waals surface area contributed by atoms with Gasteiger partial charge in [-0.2, -0.15) is 0 Å². The Morgan fingerprint density at radius 2 is 1.69 bits per heavy atom. The SMILES string of the molecule is Cc1ccc(NC(=O)C(=O)NCc2ccccc2OCCC(C)C)cc1. The van der Waals surface area contributed by atoms with Crippen molar-refractivity contribution in [3.8, 4) is 5.75 Å². The lowest BCUT2D eigenvalue weighted by atomic mass is 10.1. The predicted molar refractivity (Wildman–Crippen MR) is 103 cm³/mol. The standard InChI is InChI=1S/C21H26N2O3/c1-15(2)12-13-26-19-7-5-4-6-17(19)14-22-20(24)21(25)23-18-10-8-16(3)9-11-18/h4-11,15H,12-14H2,1-3H3,(H,22,24)(H,23,25). The van der Waals surface area contributed by atoms with Crippen LogP contribution >= 0.6 is 0 Å². The van der Waals surface area contributed by atoms with Gasteiger partial charge in [-0.15, -0.1) is 0 Å². The highest BCUT2D eigenvalue weighted by molar-refractivity contribution is 6.39. The molecule has 0 fully saturated rings. The van der Waals surface area contributed by atoms with E-state index in [1.807, 2.05) is 43.3 Å². The van der Waals surface area contributed by atoms with Gasteiger partial charge in [0.2, 0.25) is 0 Å². The van der Waals surface area contributed by atoms with E-state index in [2.05, 4.69) is 24.5 Å². The molecule has 138 valence electrons. The Labute approximate surface area is 154 Å². The molecule has 0 atom stereocenters. The summed E-state index contributed by atoms with van der Waals surface area (Å²) in [7, 11) is 0. The number of rotatable bonds is 7. The van der Waals surface area contributed by atoms with E-state index in [0.29, 0.717) is 18.2 Å². The van der Waals surface area contributed by atoms with Crippen LogP contribution in [0.2, 0.25) is 0 Å². The minimum absolute atomic E-state index is 0.234. The lowest BCUT2D eigenvalue weighted by molar-refractivity contribution is -0.136. The maximum Gasteiger partial charge on any atom is 0.313 e. The van der Waals surface area contributed by atoms with Crippen molar-refractivity contribution in [1.29, 1.82) is 0 Å². The van der Waals surface area contributed by atoms with Gasteiger partial charge in [-0.05, 0) is 37.5 Å². The van der Waals surface area contributed by atoms with Gasteiger partial charge in [-0.25, -0.2) is 0 Å². The summed E-state index contributed by atoms with van der Waals surface area (Å²) in [5.41, 5.74) is 2.52. The molecule has 0 saturated carbocycles. The number of hydrogen-bond acceptors (Lipinski definition) is 3. The summed E-state index contributed by atoms with van der Waals surface area (Å²) in [6, 6.07) is 14.8. The van der Waals surface area contributed by atoms with Crippen LogP contribution in [0.15, 0.2) is 48.5 Å². The second-order valence-corrected chi connectivity index (χ2v) is 6.64. The zero-order valence-electron chi connectivity index (χ0n) is 15.5. The molecule has 0 heterocycles. The molecular weight excluding hydrogens is 328 g/mol. The maximum absolute atomic E-state index is 12.0. The number of benzene rings is 2. The van der Waals surface area contributed by atoms with E-state index in [-0.39, 0.29) is 6.54 Å². The summed E-state index contributed by atoms with van der Waals surface area (Å²) in [6.45, 7) is 7.10. The molecule has 2 aromatic rings. The van der Waals surface area contributed by atoms with E-state index in [1.165, 1.54) is 0 Å². The fraction of sp³-hybridized carbons (Fsp3) is 0.333. The van der Waals surface area contributed by atoms with Gasteiger partial charge in [-0.1, -0.05) is 49.7 Å². The van der Waals surface area contributed by atoms with Crippen molar-refractivity contribution in [3.05, 3.63) is 59.7 Å². The van der Waals surface area contributed by atoms with Crippen molar-refractivity contribution in [3.63, 3.8) is 0 Å². The summed E-state index contributed by atoms with van der Waals surface area (Å²) in [5, 5.41) is 5.22. The average Bonchev–Trinajstić information content (AvgIpc) is 2.62. The van der Waals surface area contributed by atoms with E-state index >= 15 is 0 Å². The fourth-order valence-electron chi connectivity index (χ4n) is 2.28. The minimum Gasteiger partial charge on any atom is -0.493 e. The van der Waals surface area contributed by atoms with Gasteiger partial charge >= 0.3 is 11.8 Å². The molecule has 5 heteroatoms. The van der Waals surface area contributed by atoms with Crippen LogP contribution < -0.4 is 15.4 Å². The van der Waals surface area contributed by atoms with E-state index in [9.17, 15) is 9.59 Å². The number of carbonyl (C=O) groups excluding carboxylic acids is 2. The molecule has 0 spiro atoms. The molecule has 2 aromatic carbocycles. The van der Waals surface area contributed by atoms with Crippen molar-refractivity contribution >= 4 is 17.5 Å². The van der Waals surface area contributed by atoms with Gasteiger partial charge in [-0.3, -0.25) is 9.59 Å². The van der Waals surface area contributed by atoms with Crippen LogP contribution in [0, 0.1) is 12.8 Å². The van der Waals surface area contributed by atoms with E-state index in [1.54, 1.807) is 12.1 Å². The number of carbonyl (C=O) groups is 2. The Hall–Kier alpha value is -2.82. The number of anilines is 1. The van der Waals surface area contributed by atoms with Gasteiger partial charge in [0, 0.05) is 17.8 Å². The van der Waals surface area contributed by atoms with Crippen LogP contribution in [-0.2, 0) is 16.1 Å². The largest absolute Gasteiger partial charge is 0.493 e. The summed E-state index contributed by atoms with van der Waals surface area (Å²) >= 11 is 0. The van der Waals surface area contributed by atoms with Crippen molar-refractivity contribution in [2.75, 3.05) is 11.9 Å². The average molecular weight is 354 g/mol. The summed E-state index contributed by atoms with van der Waals surface area (Å²) in [4.78, 5) is 24.0. The molecule has 2 amide bonds. The molecule has 0 bridgehead atoms. The third kappa shape index (κ3) is 6.24. The molecule has 26 heavy (non-hydrogen) atoms. The van der Waals surface area contributed by atoms with E-state index in [4.69, 9.17) is 4.74 Å². The first-order valence-corrected chi connectivity index (χ1v) is 8.82. The molecular formula is C21H26N2O3. The zero-order valence-corrected chi connectivity index (χ0v) is 15.5. The zero-order chi connectivity index (χ0) is 18.9. The quantitative estimate of drug-likeness (QED) is 0.746. The highest BCUT2D eigenvalue weighted by Crippen LogP contribution is 2.18. The van der Waals surface area contributed by atoms with Crippen molar-refractivity contribution in [1.82, 2.24) is 5.32 Å². The highest BCUT2D eigenvalue weighted by atomic mass is 16.5. The van der Waals surface area contributed by atoms with Gasteiger partial charge in [0.1, 0.15) is 5.75 Å². The second-order valence-electron chi connectivity index (χ2n) is 6.64. The molecule has 0 aliphatic heterocycles. The van der Waals surface area contributed by atoms with Gasteiger partial charge in [0.05, 0.1) is 6.61 Å². The Balaban J connectivity index is 1.88. The third-order valence-electron chi connectivity index (χ3n) is 3.88. The minimum atomic E-state index is -0.688. The first-order chi connectivity index (χ1) is 12.5. The molecule has 0 unspecified atom stereocenters. The van der Waals surface area contributed by atoms with Crippen LogP contribution in [0.25, 0.3) is 0 Å². The topological polar surface area (TPSA) is 67.4 Å². The fourth-order valence-corrected chi connectivity index (χ4v) is 2.28. The lowest BCUT2D eigenvalue weighted by Crippen LogP contribution is -2.35. The lowest BCUT2D eigenvalue weighted by Gasteiger charge is -2.13. The first kappa shape index (κ1) is 19.5. The second kappa shape index (κ2) is 9.61. The smallest absolute Gasteiger partial charge is 0.313 e. The van der Waals surface area contributed by atoms with Gasteiger partial charge < -0.3 is 15.4 Å². The van der Waals surface area contributed by atoms with Crippen LogP contribution in [0.3, 0.4) is 0 Å². The van der Waals surface area contributed by atoms with Gasteiger partial charge in [0.15, 0.2) is 0 Å². The summed E-state index contributed by atoms with van der Waals surface area (Å²) in [6.07, 6.45) is 0.958. The Morgan fingerprint density at radius 1 is 1.00 bits per heavy atom. The highest BCUT2D eigenvalue weighted by Gasteiger charge is 2.14.